The molecule has 0 aromatic rings. The van der Waals surface area contributed by atoms with Crippen molar-refractivity contribution >= 4 is 5.97 Å². The van der Waals surface area contributed by atoms with E-state index < -0.39 is 0 Å². The summed E-state index contributed by atoms with van der Waals surface area (Å²) in [6.45, 7) is 5.25. The summed E-state index contributed by atoms with van der Waals surface area (Å²) in [5, 5.41) is 10.6. The largest absolute Gasteiger partial charge is 0.465 e. The second-order valence-corrected chi connectivity index (χ2v) is 8.67. The number of aliphatic hydroxyl groups excluding tert-OH is 1. The normalized spacial score (nSPS) is 54.0. The van der Waals surface area contributed by atoms with Crippen LogP contribution in [0.5, 0.6) is 0 Å². The number of carbonyl (C=O) groups is 1. The molecule has 7 atom stereocenters. The number of ether oxygens (including phenoxy) is 1. The van der Waals surface area contributed by atoms with E-state index in [1.54, 1.807) is 0 Å². The third kappa shape index (κ3) is 1.87. The van der Waals surface area contributed by atoms with Gasteiger partial charge in [0.1, 0.15) is 0 Å². The zero-order valence-corrected chi connectivity index (χ0v) is 13.8. The Labute approximate surface area is 133 Å². The van der Waals surface area contributed by atoms with Crippen LogP contribution in [0.4, 0.5) is 0 Å². The molecule has 4 rings (SSSR count). The molecule has 4 aliphatic rings. The van der Waals surface area contributed by atoms with E-state index in [1.807, 2.05) is 0 Å². The molecule has 2 saturated carbocycles. The molecule has 0 unspecified atom stereocenters. The van der Waals surface area contributed by atoms with Crippen LogP contribution < -0.4 is 0 Å². The molecule has 1 aliphatic heterocycles. The Balaban J connectivity index is 1.66. The number of fused-ring (bicyclic) bond motifs is 5. The summed E-state index contributed by atoms with van der Waals surface area (Å²) in [5.74, 6) is 2.26. The first-order valence-corrected chi connectivity index (χ1v) is 8.95. The average Bonchev–Trinajstić information content (AvgIpc) is 2.49. The van der Waals surface area contributed by atoms with Gasteiger partial charge in [-0.1, -0.05) is 26.0 Å². The van der Waals surface area contributed by atoms with Gasteiger partial charge in [0.2, 0.25) is 0 Å². The summed E-state index contributed by atoms with van der Waals surface area (Å²) in [5.41, 5.74) is 0.193. The number of cyclic esters (lactones) is 1. The number of hydrogen-bond donors (Lipinski definition) is 1. The lowest BCUT2D eigenvalue weighted by Gasteiger charge is -2.61. The highest BCUT2D eigenvalue weighted by Gasteiger charge is 2.58. The van der Waals surface area contributed by atoms with Crippen molar-refractivity contribution in [3.8, 4) is 0 Å². The van der Waals surface area contributed by atoms with E-state index in [2.05, 4.69) is 26.0 Å². The third-order valence-electron chi connectivity index (χ3n) is 7.78. The van der Waals surface area contributed by atoms with E-state index in [4.69, 9.17) is 4.74 Å². The standard InChI is InChI=1S/C19H28O3/c1-18-9-8-15-13(14(18)4-3-5-16(18)20)7-6-12-10-17(21)22-11-19(12,15)2/h3-4,12-16,20H,5-11H2,1-2H3/t12-,13-,14-,15-,16-,18-,19-/m0/s1. The van der Waals surface area contributed by atoms with E-state index in [1.165, 1.54) is 12.8 Å². The van der Waals surface area contributed by atoms with Crippen LogP contribution in [0.15, 0.2) is 12.2 Å². The van der Waals surface area contributed by atoms with Crippen LogP contribution in [0, 0.1) is 34.5 Å². The molecule has 1 N–H and O–H groups in total. The molecular formula is C19H28O3. The fourth-order valence-corrected chi connectivity index (χ4v) is 6.24. The summed E-state index contributed by atoms with van der Waals surface area (Å²) >= 11 is 0. The van der Waals surface area contributed by atoms with Gasteiger partial charge in [-0.3, -0.25) is 4.79 Å². The minimum Gasteiger partial charge on any atom is -0.465 e. The summed E-state index contributed by atoms with van der Waals surface area (Å²) in [6.07, 6.45) is 10.4. The van der Waals surface area contributed by atoms with E-state index in [0.717, 1.165) is 19.3 Å². The molecule has 122 valence electrons. The summed E-state index contributed by atoms with van der Waals surface area (Å²) < 4.78 is 5.48. The number of hydrogen-bond acceptors (Lipinski definition) is 3. The van der Waals surface area contributed by atoms with Crippen molar-refractivity contribution in [3.63, 3.8) is 0 Å². The Bertz CT molecular complexity index is 513. The number of carbonyl (C=O) groups excluding carboxylic acids is 1. The molecule has 0 bridgehead atoms. The second-order valence-electron chi connectivity index (χ2n) is 8.67. The van der Waals surface area contributed by atoms with Gasteiger partial charge < -0.3 is 9.84 Å². The Hall–Kier alpha value is -0.830. The fraction of sp³-hybridized carbons (Fsp3) is 0.842. The highest BCUT2D eigenvalue weighted by Crippen LogP contribution is 2.62. The van der Waals surface area contributed by atoms with Gasteiger partial charge in [-0.2, -0.15) is 0 Å². The van der Waals surface area contributed by atoms with Gasteiger partial charge in [-0.25, -0.2) is 0 Å². The fourth-order valence-electron chi connectivity index (χ4n) is 6.24. The van der Waals surface area contributed by atoms with E-state index in [0.29, 0.717) is 36.7 Å². The summed E-state index contributed by atoms with van der Waals surface area (Å²) in [7, 11) is 0. The maximum atomic E-state index is 11.7. The Kier molecular flexibility index (Phi) is 3.24. The van der Waals surface area contributed by atoms with Gasteiger partial charge in [-0.05, 0) is 55.8 Å². The van der Waals surface area contributed by atoms with Gasteiger partial charge in [0.25, 0.3) is 0 Å². The maximum Gasteiger partial charge on any atom is 0.306 e. The molecule has 0 amide bonds. The van der Waals surface area contributed by atoms with Gasteiger partial charge >= 0.3 is 5.97 Å². The molecule has 0 aromatic heterocycles. The van der Waals surface area contributed by atoms with Gasteiger partial charge in [0.05, 0.1) is 12.7 Å². The minimum atomic E-state index is -0.196. The zero-order valence-electron chi connectivity index (χ0n) is 13.8. The van der Waals surface area contributed by atoms with Crippen molar-refractivity contribution in [2.45, 2.75) is 58.5 Å². The topological polar surface area (TPSA) is 46.5 Å². The number of esters is 1. The van der Waals surface area contributed by atoms with Crippen molar-refractivity contribution in [2.24, 2.45) is 34.5 Å². The quantitative estimate of drug-likeness (QED) is 0.551. The molecule has 0 spiro atoms. The molecule has 3 fully saturated rings. The molecule has 3 nitrogen and oxygen atoms in total. The molecule has 0 radical (unpaired) electrons. The van der Waals surface area contributed by atoms with Crippen molar-refractivity contribution < 1.29 is 14.6 Å². The Morgan fingerprint density at radius 1 is 1.23 bits per heavy atom. The first kappa shape index (κ1) is 14.7. The predicted octanol–water partition coefficient (Wildman–Crippen LogP) is 3.32. The van der Waals surface area contributed by atoms with Crippen molar-refractivity contribution in [1.82, 2.24) is 0 Å². The zero-order chi connectivity index (χ0) is 15.5. The molecule has 3 aliphatic carbocycles. The molecular weight excluding hydrogens is 276 g/mol. The SMILES string of the molecule is C[C@]12COC(=O)C[C@@H]1CC[C@H]1[C@@H]3C=CC[C@H](O)[C@@]3(C)CC[C@@H]12. The summed E-state index contributed by atoms with van der Waals surface area (Å²) in [6, 6.07) is 0. The van der Waals surface area contributed by atoms with Crippen LogP contribution in [0.1, 0.15) is 52.4 Å². The average molecular weight is 304 g/mol. The van der Waals surface area contributed by atoms with Gasteiger partial charge in [0.15, 0.2) is 0 Å². The van der Waals surface area contributed by atoms with E-state index in [9.17, 15) is 9.90 Å². The molecule has 1 saturated heterocycles. The highest BCUT2D eigenvalue weighted by atomic mass is 16.5. The first-order chi connectivity index (χ1) is 10.4. The number of allylic oxidation sites excluding steroid dienone is 1. The van der Waals surface area contributed by atoms with Crippen LogP contribution in [-0.2, 0) is 9.53 Å². The smallest absolute Gasteiger partial charge is 0.306 e. The first-order valence-electron chi connectivity index (χ1n) is 8.95. The number of aliphatic hydroxyl groups is 1. The van der Waals surface area contributed by atoms with E-state index in [-0.39, 0.29) is 22.9 Å². The molecule has 1 heterocycles. The number of rotatable bonds is 0. The minimum absolute atomic E-state index is 0.00504. The molecule has 22 heavy (non-hydrogen) atoms. The Morgan fingerprint density at radius 2 is 2.05 bits per heavy atom. The monoisotopic (exact) mass is 304 g/mol. The highest BCUT2D eigenvalue weighted by molar-refractivity contribution is 5.70. The van der Waals surface area contributed by atoms with Crippen molar-refractivity contribution in [3.05, 3.63) is 12.2 Å². The second kappa shape index (κ2) is 4.83. The van der Waals surface area contributed by atoms with Crippen molar-refractivity contribution in [2.75, 3.05) is 6.61 Å². The molecule has 3 heteroatoms. The third-order valence-corrected chi connectivity index (χ3v) is 7.78. The predicted molar refractivity (Wildman–Crippen MR) is 84.0 cm³/mol. The Morgan fingerprint density at radius 3 is 2.86 bits per heavy atom. The maximum absolute atomic E-state index is 11.7. The summed E-state index contributed by atoms with van der Waals surface area (Å²) in [4.78, 5) is 11.7. The molecule has 0 aromatic carbocycles. The van der Waals surface area contributed by atoms with Crippen molar-refractivity contribution in [1.29, 1.82) is 0 Å². The van der Waals surface area contributed by atoms with Crippen LogP contribution in [0.3, 0.4) is 0 Å². The lowest BCUT2D eigenvalue weighted by atomic mass is 9.45. The van der Waals surface area contributed by atoms with Gasteiger partial charge in [0, 0.05) is 17.3 Å². The van der Waals surface area contributed by atoms with E-state index >= 15 is 0 Å². The lowest BCUT2D eigenvalue weighted by Crippen LogP contribution is -2.58. The lowest BCUT2D eigenvalue weighted by molar-refractivity contribution is -0.183. The van der Waals surface area contributed by atoms with Crippen LogP contribution >= 0.6 is 0 Å². The van der Waals surface area contributed by atoms with Crippen LogP contribution in [-0.4, -0.2) is 23.8 Å². The van der Waals surface area contributed by atoms with Crippen LogP contribution in [0.25, 0.3) is 0 Å². The van der Waals surface area contributed by atoms with Gasteiger partial charge in [-0.15, -0.1) is 0 Å². The van der Waals surface area contributed by atoms with Crippen LogP contribution in [0.2, 0.25) is 0 Å².